The van der Waals surface area contributed by atoms with Crippen molar-refractivity contribution in [2.75, 3.05) is 19.6 Å². The molecule has 2 aromatic rings. The fourth-order valence-corrected chi connectivity index (χ4v) is 3.19. The summed E-state index contributed by atoms with van der Waals surface area (Å²) in [6.45, 7) is 6.69. The van der Waals surface area contributed by atoms with Gasteiger partial charge in [-0.05, 0) is 64.4 Å². The third-order valence-corrected chi connectivity index (χ3v) is 4.57. The molecule has 3 rings (SSSR count). The molecule has 4 nitrogen and oxygen atoms in total. The van der Waals surface area contributed by atoms with Crippen LogP contribution in [0.5, 0.6) is 0 Å². The normalized spacial score (nSPS) is 17.4. The smallest absolute Gasteiger partial charge is 0.125 e. The molecule has 2 heterocycles. The molecule has 0 amide bonds. The fraction of sp³-hybridized carbons (Fsp3) is 0.588. The maximum atomic E-state index is 13.2. The Morgan fingerprint density at radius 1 is 1.35 bits per heavy atom. The van der Waals surface area contributed by atoms with Crippen molar-refractivity contribution in [3.05, 3.63) is 29.7 Å². The second kappa shape index (κ2) is 7.16. The average Bonchev–Trinajstić information content (AvgIpc) is 2.88. The monoisotopic (exact) mass is 341 g/mol. The predicted molar refractivity (Wildman–Crippen MR) is 92.6 cm³/mol. The second-order valence-corrected chi connectivity index (χ2v) is 6.98. The van der Waals surface area contributed by atoms with Crippen LogP contribution in [0.25, 0.3) is 10.9 Å². The number of piperidine rings is 1. The Kier molecular flexibility index (Phi) is 5.65. The lowest BCUT2D eigenvalue weighted by Crippen LogP contribution is -2.36. The third kappa shape index (κ3) is 4.43. The van der Waals surface area contributed by atoms with Crippen molar-refractivity contribution >= 4 is 23.3 Å². The van der Waals surface area contributed by atoms with Gasteiger partial charge in [0.1, 0.15) is 5.82 Å². The van der Waals surface area contributed by atoms with Crippen LogP contribution in [-0.4, -0.2) is 45.4 Å². The number of aliphatic hydroxyl groups is 1. The summed E-state index contributed by atoms with van der Waals surface area (Å²) in [6.07, 6.45) is 2.91. The molecular formula is C17H25ClFN3O. The van der Waals surface area contributed by atoms with E-state index in [-0.39, 0.29) is 18.2 Å². The zero-order chi connectivity index (χ0) is 15.7. The highest BCUT2D eigenvalue weighted by Crippen LogP contribution is 2.31. The van der Waals surface area contributed by atoms with Crippen LogP contribution in [0.15, 0.2) is 18.2 Å². The van der Waals surface area contributed by atoms with Crippen LogP contribution in [0.3, 0.4) is 0 Å². The van der Waals surface area contributed by atoms with E-state index in [9.17, 15) is 9.50 Å². The van der Waals surface area contributed by atoms with Crippen molar-refractivity contribution in [2.45, 2.75) is 44.6 Å². The van der Waals surface area contributed by atoms with Gasteiger partial charge >= 0.3 is 0 Å². The Morgan fingerprint density at radius 3 is 2.70 bits per heavy atom. The summed E-state index contributed by atoms with van der Waals surface area (Å²) in [4.78, 5) is 2.41. The number of benzene rings is 1. The first-order chi connectivity index (χ1) is 10.4. The number of nitrogens with one attached hydrogen (secondary N) is 1. The molecule has 1 aliphatic rings. The Bertz CT molecular complexity index is 645. The van der Waals surface area contributed by atoms with E-state index < -0.39 is 5.60 Å². The Morgan fingerprint density at radius 2 is 2.04 bits per heavy atom. The molecule has 1 fully saturated rings. The van der Waals surface area contributed by atoms with Gasteiger partial charge < -0.3 is 10.0 Å². The third-order valence-electron chi connectivity index (χ3n) is 4.57. The lowest BCUT2D eigenvalue weighted by molar-refractivity contribution is 0.0540. The molecule has 1 aliphatic heterocycles. The van der Waals surface area contributed by atoms with E-state index in [1.807, 2.05) is 19.9 Å². The van der Waals surface area contributed by atoms with Gasteiger partial charge in [0, 0.05) is 17.8 Å². The molecular weight excluding hydrogens is 317 g/mol. The van der Waals surface area contributed by atoms with E-state index in [0.29, 0.717) is 5.92 Å². The molecule has 2 N–H and O–H groups in total. The SMILES string of the molecule is CC(C)(O)CCN1CCC(c2n[nH]c3cc(F)ccc23)CC1.Cl. The Balaban J connectivity index is 0.00000192. The van der Waals surface area contributed by atoms with Gasteiger partial charge in [-0.25, -0.2) is 4.39 Å². The van der Waals surface area contributed by atoms with E-state index in [1.165, 1.54) is 12.1 Å². The van der Waals surface area contributed by atoms with Gasteiger partial charge in [0.05, 0.1) is 16.8 Å². The summed E-state index contributed by atoms with van der Waals surface area (Å²) in [5.74, 6) is 0.196. The summed E-state index contributed by atoms with van der Waals surface area (Å²) >= 11 is 0. The molecule has 1 aromatic carbocycles. The predicted octanol–water partition coefficient (Wildman–Crippen LogP) is 3.46. The number of halogens is 2. The number of rotatable bonds is 4. The van der Waals surface area contributed by atoms with E-state index in [0.717, 1.165) is 55.5 Å². The zero-order valence-electron chi connectivity index (χ0n) is 13.7. The highest BCUT2D eigenvalue weighted by atomic mass is 35.5. The van der Waals surface area contributed by atoms with Crippen molar-refractivity contribution in [1.82, 2.24) is 15.1 Å². The first-order valence-corrected chi connectivity index (χ1v) is 8.01. The van der Waals surface area contributed by atoms with Crippen molar-refractivity contribution in [3.8, 4) is 0 Å². The maximum Gasteiger partial charge on any atom is 0.125 e. The van der Waals surface area contributed by atoms with Crippen molar-refractivity contribution in [1.29, 1.82) is 0 Å². The standard InChI is InChI=1S/C17H24FN3O.ClH/c1-17(2,22)7-10-21-8-5-12(6-9-21)16-14-4-3-13(18)11-15(14)19-20-16;/h3-4,11-12,22H,5-10H2,1-2H3,(H,19,20);1H. The molecule has 0 spiro atoms. The largest absolute Gasteiger partial charge is 0.390 e. The van der Waals surface area contributed by atoms with E-state index >= 15 is 0 Å². The first kappa shape index (κ1) is 18.2. The zero-order valence-corrected chi connectivity index (χ0v) is 14.5. The molecule has 0 bridgehead atoms. The van der Waals surface area contributed by atoms with E-state index in [1.54, 1.807) is 0 Å². The van der Waals surface area contributed by atoms with E-state index in [4.69, 9.17) is 0 Å². The van der Waals surface area contributed by atoms with Gasteiger partial charge in [-0.1, -0.05) is 0 Å². The first-order valence-electron chi connectivity index (χ1n) is 8.01. The van der Waals surface area contributed by atoms with Crippen LogP contribution < -0.4 is 0 Å². The molecule has 0 saturated carbocycles. The van der Waals surface area contributed by atoms with Crippen molar-refractivity contribution < 1.29 is 9.50 Å². The molecule has 6 heteroatoms. The maximum absolute atomic E-state index is 13.2. The van der Waals surface area contributed by atoms with Gasteiger partial charge in [-0.2, -0.15) is 5.10 Å². The summed E-state index contributed by atoms with van der Waals surface area (Å²) in [6, 6.07) is 4.83. The molecule has 0 atom stereocenters. The lowest BCUT2D eigenvalue weighted by atomic mass is 9.91. The van der Waals surface area contributed by atoms with Gasteiger partial charge in [-0.15, -0.1) is 12.4 Å². The molecule has 23 heavy (non-hydrogen) atoms. The van der Waals surface area contributed by atoms with Crippen molar-refractivity contribution in [3.63, 3.8) is 0 Å². The lowest BCUT2D eigenvalue weighted by Gasteiger charge is -2.32. The highest BCUT2D eigenvalue weighted by Gasteiger charge is 2.25. The average molecular weight is 342 g/mol. The minimum absolute atomic E-state index is 0. The van der Waals surface area contributed by atoms with Gasteiger partial charge in [-0.3, -0.25) is 5.10 Å². The van der Waals surface area contributed by atoms with Crippen LogP contribution in [0.4, 0.5) is 4.39 Å². The summed E-state index contributed by atoms with van der Waals surface area (Å²) in [5.41, 5.74) is 1.25. The number of aromatic amines is 1. The molecule has 1 saturated heterocycles. The van der Waals surface area contributed by atoms with Crippen LogP contribution in [0.2, 0.25) is 0 Å². The highest BCUT2D eigenvalue weighted by molar-refractivity contribution is 5.85. The molecule has 128 valence electrons. The van der Waals surface area contributed by atoms with Gasteiger partial charge in [0.15, 0.2) is 0 Å². The van der Waals surface area contributed by atoms with Crippen LogP contribution >= 0.6 is 12.4 Å². The summed E-state index contributed by atoms with van der Waals surface area (Å²) in [5, 5.41) is 18.2. The molecule has 0 aliphatic carbocycles. The number of aromatic nitrogens is 2. The van der Waals surface area contributed by atoms with E-state index in [2.05, 4.69) is 15.1 Å². The Labute approximate surface area is 142 Å². The van der Waals surface area contributed by atoms with Crippen LogP contribution in [0, 0.1) is 5.82 Å². The summed E-state index contributed by atoms with van der Waals surface area (Å²) < 4.78 is 13.2. The quantitative estimate of drug-likeness (QED) is 0.895. The van der Waals surface area contributed by atoms with Gasteiger partial charge in [0.25, 0.3) is 0 Å². The van der Waals surface area contributed by atoms with Crippen molar-refractivity contribution in [2.24, 2.45) is 0 Å². The molecule has 0 unspecified atom stereocenters. The molecule has 1 aromatic heterocycles. The minimum Gasteiger partial charge on any atom is -0.390 e. The number of H-pyrrole nitrogens is 1. The number of nitrogens with zero attached hydrogens (tertiary/aromatic N) is 2. The van der Waals surface area contributed by atoms with Gasteiger partial charge in [0.2, 0.25) is 0 Å². The molecule has 0 radical (unpaired) electrons. The number of hydrogen-bond acceptors (Lipinski definition) is 3. The number of likely N-dealkylation sites (tertiary alicyclic amines) is 1. The number of hydrogen-bond donors (Lipinski definition) is 2. The van der Waals surface area contributed by atoms with Crippen LogP contribution in [0.1, 0.15) is 44.7 Å². The Hall–Kier alpha value is -1.17. The second-order valence-electron chi connectivity index (χ2n) is 6.98. The number of fused-ring (bicyclic) bond motifs is 1. The fourth-order valence-electron chi connectivity index (χ4n) is 3.19. The van der Waals surface area contributed by atoms with Crippen LogP contribution in [-0.2, 0) is 0 Å². The topological polar surface area (TPSA) is 52.1 Å². The summed E-state index contributed by atoms with van der Waals surface area (Å²) in [7, 11) is 0. The minimum atomic E-state index is -0.598.